The number of rotatable bonds is 2. The average molecular weight is 251 g/mol. The van der Waals surface area contributed by atoms with E-state index in [-0.39, 0.29) is 17.4 Å². The number of H-pyrrole nitrogens is 1. The van der Waals surface area contributed by atoms with Gasteiger partial charge in [0.2, 0.25) is 0 Å². The summed E-state index contributed by atoms with van der Waals surface area (Å²) in [6.07, 6.45) is 2.56. The lowest BCUT2D eigenvalue weighted by molar-refractivity contribution is -0.130. The van der Waals surface area contributed by atoms with E-state index in [1.165, 1.54) is 0 Å². The van der Waals surface area contributed by atoms with E-state index >= 15 is 0 Å². The molecule has 1 fully saturated rings. The van der Waals surface area contributed by atoms with Crippen LogP contribution in [0.4, 0.5) is 5.82 Å². The van der Waals surface area contributed by atoms with Gasteiger partial charge in [0.05, 0.1) is 0 Å². The zero-order valence-corrected chi connectivity index (χ0v) is 11.2. The van der Waals surface area contributed by atoms with Gasteiger partial charge in [-0.25, -0.2) is 0 Å². The molecule has 100 valence electrons. The lowest BCUT2D eigenvalue weighted by Gasteiger charge is -2.21. The first-order valence-electron chi connectivity index (χ1n) is 6.45. The maximum absolute atomic E-state index is 11.9. The summed E-state index contributed by atoms with van der Waals surface area (Å²) >= 11 is 0. The number of carbonyl (C=O) groups is 1. The molecule has 2 rings (SSSR count). The summed E-state index contributed by atoms with van der Waals surface area (Å²) in [7, 11) is 0. The second-order valence-corrected chi connectivity index (χ2v) is 5.76. The van der Waals surface area contributed by atoms with Crippen LogP contribution in [0.5, 0.6) is 0 Å². The Balaban J connectivity index is 1.96. The molecule has 1 aromatic heterocycles. The van der Waals surface area contributed by atoms with Gasteiger partial charge >= 0.3 is 0 Å². The number of ether oxygens (including phenoxy) is 1. The largest absolute Gasteiger partial charge is 0.368 e. The summed E-state index contributed by atoms with van der Waals surface area (Å²) in [5.41, 5.74) is 1.000. The van der Waals surface area contributed by atoms with Crippen molar-refractivity contribution in [3.05, 3.63) is 11.8 Å². The van der Waals surface area contributed by atoms with Crippen molar-refractivity contribution in [2.24, 2.45) is 0 Å². The maximum atomic E-state index is 11.9. The van der Waals surface area contributed by atoms with Crippen molar-refractivity contribution >= 4 is 11.7 Å². The molecule has 1 unspecified atom stereocenters. The third-order valence-electron chi connectivity index (χ3n) is 3.11. The minimum atomic E-state index is -0.325. The Labute approximate surface area is 107 Å². The van der Waals surface area contributed by atoms with Crippen molar-refractivity contribution in [3.8, 4) is 0 Å². The van der Waals surface area contributed by atoms with Crippen LogP contribution in [-0.2, 0) is 14.9 Å². The molecule has 2 heterocycles. The van der Waals surface area contributed by atoms with Gasteiger partial charge in [0.25, 0.3) is 5.91 Å². The minimum absolute atomic E-state index is 0.00266. The van der Waals surface area contributed by atoms with E-state index in [1.807, 2.05) is 6.07 Å². The first-order valence-corrected chi connectivity index (χ1v) is 6.45. The fourth-order valence-corrected chi connectivity index (χ4v) is 1.92. The molecule has 1 amide bonds. The van der Waals surface area contributed by atoms with Gasteiger partial charge in [0, 0.05) is 23.8 Å². The Hall–Kier alpha value is -1.36. The Morgan fingerprint density at radius 2 is 2.28 bits per heavy atom. The third kappa shape index (κ3) is 3.10. The van der Waals surface area contributed by atoms with E-state index in [4.69, 9.17) is 4.74 Å². The molecule has 2 N–H and O–H groups in total. The van der Waals surface area contributed by atoms with Crippen LogP contribution in [0.2, 0.25) is 0 Å². The Morgan fingerprint density at radius 1 is 1.50 bits per heavy atom. The molecule has 1 aromatic rings. The molecule has 0 spiro atoms. The van der Waals surface area contributed by atoms with Crippen molar-refractivity contribution < 1.29 is 9.53 Å². The molecule has 0 saturated carbocycles. The Morgan fingerprint density at radius 3 is 2.83 bits per heavy atom. The average Bonchev–Trinajstić information content (AvgIpc) is 2.78. The first-order chi connectivity index (χ1) is 8.47. The first kappa shape index (κ1) is 13.1. The van der Waals surface area contributed by atoms with Gasteiger partial charge in [-0.05, 0) is 19.3 Å². The molecule has 5 heteroatoms. The number of hydrogen-bond donors (Lipinski definition) is 2. The number of carbonyl (C=O) groups excluding carboxylic acids is 1. The summed E-state index contributed by atoms with van der Waals surface area (Å²) in [6, 6.07) is 1.88. The van der Waals surface area contributed by atoms with Crippen LogP contribution in [0.25, 0.3) is 0 Å². The molecule has 0 aliphatic carbocycles. The van der Waals surface area contributed by atoms with Crippen molar-refractivity contribution in [1.82, 2.24) is 10.2 Å². The molecular weight excluding hydrogens is 230 g/mol. The van der Waals surface area contributed by atoms with Crippen LogP contribution in [0.3, 0.4) is 0 Å². The summed E-state index contributed by atoms with van der Waals surface area (Å²) in [4.78, 5) is 11.9. The van der Waals surface area contributed by atoms with Gasteiger partial charge in [-0.1, -0.05) is 20.8 Å². The van der Waals surface area contributed by atoms with E-state index in [0.29, 0.717) is 12.4 Å². The second kappa shape index (κ2) is 5.10. The predicted octanol–water partition coefficient (Wildman–Crippen LogP) is 2.21. The highest BCUT2D eigenvalue weighted by Crippen LogP contribution is 2.22. The Bertz CT molecular complexity index is 414. The van der Waals surface area contributed by atoms with Crippen LogP contribution in [-0.4, -0.2) is 28.8 Å². The molecule has 18 heavy (non-hydrogen) atoms. The molecule has 1 aliphatic heterocycles. The van der Waals surface area contributed by atoms with Crippen molar-refractivity contribution in [2.45, 2.75) is 51.6 Å². The monoisotopic (exact) mass is 251 g/mol. The molecule has 0 aromatic carbocycles. The molecule has 0 bridgehead atoms. The molecule has 1 atom stereocenters. The number of aromatic nitrogens is 2. The fraction of sp³-hybridized carbons (Fsp3) is 0.692. The van der Waals surface area contributed by atoms with E-state index in [0.717, 1.165) is 25.0 Å². The van der Waals surface area contributed by atoms with Gasteiger partial charge in [-0.15, -0.1) is 0 Å². The highest BCUT2D eigenvalue weighted by molar-refractivity contribution is 5.93. The van der Waals surface area contributed by atoms with Crippen molar-refractivity contribution in [3.63, 3.8) is 0 Å². The summed E-state index contributed by atoms with van der Waals surface area (Å²) in [5, 5.41) is 9.85. The number of aromatic amines is 1. The zero-order chi connectivity index (χ0) is 13.2. The van der Waals surface area contributed by atoms with Gasteiger partial charge < -0.3 is 10.1 Å². The molecule has 1 saturated heterocycles. The fourth-order valence-electron chi connectivity index (χ4n) is 1.92. The van der Waals surface area contributed by atoms with Gasteiger partial charge in [0.15, 0.2) is 5.82 Å². The number of nitrogens with one attached hydrogen (secondary N) is 2. The topological polar surface area (TPSA) is 67.0 Å². The SMILES string of the molecule is CC(C)(C)c1cc(NC(=O)C2CCCCO2)n[nH]1. The standard InChI is InChI=1S/C13H21N3O2/c1-13(2,3)10-8-11(16-15-10)14-12(17)9-6-4-5-7-18-9/h8-9H,4-7H2,1-3H3,(H2,14,15,16,17). The van der Waals surface area contributed by atoms with Crippen LogP contribution in [0, 0.1) is 0 Å². The maximum Gasteiger partial charge on any atom is 0.254 e. The number of anilines is 1. The van der Waals surface area contributed by atoms with Crippen LogP contribution in [0.15, 0.2) is 6.07 Å². The number of amides is 1. The smallest absolute Gasteiger partial charge is 0.254 e. The van der Waals surface area contributed by atoms with Crippen LogP contribution in [0.1, 0.15) is 45.7 Å². The molecule has 1 aliphatic rings. The molecular formula is C13H21N3O2. The van der Waals surface area contributed by atoms with Crippen LogP contribution < -0.4 is 5.32 Å². The summed E-state index contributed by atoms with van der Waals surface area (Å²) in [6.45, 7) is 6.95. The van der Waals surface area contributed by atoms with E-state index < -0.39 is 0 Å². The Kier molecular flexibility index (Phi) is 3.71. The predicted molar refractivity (Wildman–Crippen MR) is 69.5 cm³/mol. The van der Waals surface area contributed by atoms with E-state index in [9.17, 15) is 4.79 Å². The second-order valence-electron chi connectivity index (χ2n) is 5.76. The van der Waals surface area contributed by atoms with Gasteiger partial charge in [0.1, 0.15) is 6.10 Å². The van der Waals surface area contributed by atoms with Crippen molar-refractivity contribution in [2.75, 3.05) is 11.9 Å². The highest BCUT2D eigenvalue weighted by Gasteiger charge is 2.23. The summed E-state index contributed by atoms with van der Waals surface area (Å²) in [5.74, 6) is 0.473. The normalized spacial score (nSPS) is 20.7. The zero-order valence-electron chi connectivity index (χ0n) is 11.2. The summed E-state index contributed by atoms with van der Waals surface area (Å²) < 4.78 is 5.44. The van der Waals surface area contributed by atoms with E-state index in [2.05, 4.69) is 36.3 Å². The van der Waals surface area contributed by atoms with Crippen molar-refractivity contribution in [1.29, 1.82) is 0 Å². The minimum Gasteiger partial charge on any atom is -0.368 e. The molecule has 0 radical (unpaired) electrons. The van der Waals surface area contributed by atoms with E-state index in [1.54, 1.807) is 0 Å². The quantitative estimate of drug-likeness (QED) is 0.847. The molecule has 5 nitrogen and oxygen atoms in total. The van der Waals surface area contributed by atoms with Gasteiger partial charge in [-0.2, -0.15) is 5.10 Å². The number of nitrogens with zero attached hydrogens (tertiary/aromatic N) is 1. The third-order valence-corrected chi connectivity index (χ3v) is 3.11. The lowest BCUT2D eigenvalue weighted by atomic mass is 9.92. The van der Waals surface area contributed by atoms with Gasteiger partial charge in [-0.3, -0.25) is 9.89 Å². The lowest BCUT2D eigenvalue weighted by Crippen LogP contribution is -2.33. The number of hydrogen-bond acceptors (Lipinski definition) is 3. The highest BCUT2D eigenvalue weighted by atomic mass is 16.5. The van der Waals surface area contributed by atoms with Crippen LogP contribution >= 0.6 is 0 Å².